The van der Waals surface area contributed by atoms with Crippen LogP contribution >= 0.6 is 0 Å². The lowest BCUT2D eigenvalue weighted by atomic mass is 10.1. The SMILES string of the molecule is CCc1ccc(NC(=O)c2nc(C(=O)NCCC(C)C)c3ccccn23)cc1. The predicted octanol–water partition coefficient (Wildman–Crippen LogP) is 3.92. The Hall–Kier alpha value is -3.15. The minimum absolute atomic E-state index is 0.184. The first-order valence-electron chi connectivity index (χ1n) is 9.65. The van der Waals surface area contributed by atoms with Gasteiger partial charge >= 0.3 is 0 Å². The lowest BCUT2D eigenvalue weighted by Crippen LogP contribution is -2.26. The fraction of sp³-hybridized carbons (Fsp3) is 0.318. The molecule has 0 saturated carbocycles. The number of carbonyl (C=O) groups is 2. The van der Waals surface area contributed by atoms with Gasteiger partial charge in [-0.2, -0.15) is 0 Å². The predicted molar refractivity (Wildman–Crippen MR) is 111 cm³/mol. The molecule has 2 amide bonds. The molecule has 146 valence electrons. The normalized spacial score (nSPS) is 11.0. The van der Waals surface area contributed by atoms with Gasteiger partial charge in [0, 0.05) is 18.4 Å². The minimum Gasteiger partial charge on any atom is -0.351 e. The molecular weight excluding hydrogens is 352 g/mol. The molecule has 2 heterocycles. The van der Waals surface area contributed by atoms with Crippen molar-refractivity contribution in [2.75, 3.05) is 11.9 Å². The monoisotopic (exact) mass is 378 g/mol. The van der Waals surface area contributed by atoms with E-state index in [1.54, 1.807) is 16.7 Å². The number of pyridine rings is 1. The van der Waals surface area contributed by atoms with Crippen LogP contribution in [0.1, 0.15) is 53.9 Å². The Bertz CT molecular complexity index is 974. The van der Waals surface area contributed by atoms with Gasteiger partial charge < -0.3 is 10.6 Å². The zero-order valence-electron chi connectivity index (χ0n) is 16.5. The van der Waals surface area contributed by atoms with Crippen molar-refractivity contribution in [1.82, 2.24) is 14.7 Å². The molecule has 1 aromatic carbocycles. The highest BCUT2D eigenvalue weighted by Gasteiger charge is 2.21. The summed E-state index contributed by atoms with van der Waals surface area (Å²) < 4.78 is 1.65. The summed E-state index contributed by atoms with van der Waals surface area (Å²) >= 11 is 0. The number of anilines is 1. The number of benzene rings is 1. The molecular formula is C22H26N4O2. The van der Waals surface area contributed by atoms with Crippen molar-refractivity contribution >= 4 is 23.0 Å². The summed E-state index contributed by atoms with van der Waals surface area (Å²) in [5.74, 6) is 0.0611. The fourth-order valence-corrected chi connectivity index (χ4v) is 2.93. The van der Waals surface area contributed by atoms with Crippen molar-refractivity contribution in [3.05, 3.63) is 65.7 Å². The van der Waals surface area contributed by atoms with Crippen LogP contribution < -0.4 is 10.6 Å². The van der Waals surface area contributed by atoms with E-state index in [-0.39, 0.29) is 23.3 Å². The van der Waals surface area contributed by atoms with Gasteiger partial charge in [0.1, 0.15) is 0 Å². The third-order valence-corrected chi connectivity index (χ3v) is 4.59. The van der Waals surface area contributed by atoms with Crippen LogP contribution in [-0.4, -0.2) is 27.7 Å². The molecule has 0 aliphatic rings. The molecule has 0 unspecified atom stereocenters. The molecule has 0 radical (unpaired) electrons. The maximum atomic E-state index is 12.8. The standard InChI is InChI=1S/C22H26N4O2/c1-4-16-8-10-17(11-9-16)24-22(28)20-25-19(18-7-5-6-14-26(18)20)21(27)23-13-12-15(2)3/h5-11,14-15H,4,12-13H2,1-3H3,(H,23,27)(H,24,28). The van der Waals surface area contributed by atoms with Crippen LogP contribution in [0, 0.1) is 5.92 Å². The van der Waals surface area contributed by atoms with Crippen LogP contribution in [0.3, 0.4) is 0 Å². The zero-order chi connectivity index (χ0) is 20.1. The van der Waals surface area contributed by atoms with Crippen molar-refractivity contribution in [1.29, 1.82) is 0 Å². The van der Waals surface area contributed by atoms with Crippen molar-refractivity contribution in [2.45, 2.75) is 33.6 Å². The molecule has 0 fully saturated rings. The average molecular weight is 378 g/mol. The molecule has 0 aliphatic heterocycles. The second-order valence-corrected chi connectivity index (χ2v) is 7.18. The number of rotatable bonds is 7. The van der Waals surface area contributed by atoms with E-state index < -0.39 is 0 Å². The summed E-state index contributed by atoms with van der Waals surface area (Å²) in [6.07, 6.45) is 3.56. The van der Waals surface area contributed by atoms with Gasteiger partial charge in [-0.1, -0.05) is 39.0 Å². The fourth-order valence-electron chi connectivity index (χ4n) is 2.93. The van der Waals surface area contributed by atoms with Crippen LogP contribution in [0.15, 0.2) is 48.7 Å². The summed E-state index contributed by atoms with van der Waals surface area (Å²) in [5, 5.41) is 5.75. The lowest BCUT2D eigenvalue weighted by Gasteiger charge is -2.05. The zero-order valence-corrected chi connectivity index (χ0v) is 16.5. The van der Waals surface area contributed by atoms with E-state index in [0.717, 1.165) is 12.8 Å². The second-order valence-electron chi connectivity index (χ2n) is 7.18. The first kappa shape index (κ1) is 19.6. The summed E-state index contributed by atoms with van der Waals surface area (Å²) in [6, 6.07) is 13.1. The van der Waals surface area contributed by atoms with Gasteiger partial charge in [0.05, 0.1) is 5.52 Å². The minimum atomic E-state index is -0.355. The van der Waals surface area contributed by atoms with E-state index in [1.165, 1.54) is 5.56 Å². The smallest absolute Gasteiger partial charge is 0.292 e. The van der Waals surface area contributed by atoms with E-state index in [1.807, 2.05) is 36.4 Å². The van der Waals surface area contributed by atoms with E-state index in [9.17, 15) is 9.59 Å². The van der Waals surface area contributed by atoms with E-state index in [4.69, 9.17) is 0 Å². The highest BCUT2D eigenvalue weighted by atomic mass is 16.2. The van der Waals surface area contributed by atoms with Crippen molar-refractivity contribution in [3.8, 4) is 0 Å². The summed E-state index contributed by atoms with van der Waals surface area (Å²) in [6.45, 7) is 6.87. The number of fused-ring (bicyclic) bond motifs is 1. The highest BCUT2D eigenvalue weighted by Crippen LogP contribution is 2.16. The Morgan fingerprint density at radius 3 is 2.50 bits per heavy atom. The Labute approximate surface area is 165 Å². The maximum Gasteiger partial charge on any atom is 0.292 e. The Morgan fingerprint density at radius 2 is 1.82 bits per heavy atom. The number of aryl methyl sites for hydroxylation is 1. The lowest BCUT2D eigenvalue weighted by molar-refractivity contribution is 0.0949. The number of hydrogen-bond acceptors (Lipinski definition) is 3. The third-order valence-electron chi connectivity index (χ3n) is 4.59. The van der Waals surface area contributed by atoms with Gasteiger partial charge in [-0.15, -0.1) is 0 Å². The Morgan fingerprint density at radius 1 is 1.07 bits per heavy atom. The first-order valence-corrected chi connectivity index (χ1v) is 9.65. The molecule has 6 nitrogen and oxygen atoms in total. The van der Waals surface area contributed by atoms with Gasteiger partial charge in [0.2, 0.25) is 5.82 Å². The topological polar surface area (TPSA) is 75.5 Å². The molecule has 3 aromatic rings. The largest absolute Gasteiger partial charge is 0.351 e. The van der Waals surface area contributed by atoms with Crippen molar-refractivity contribution < 1.29 is 9.59 Å². The van der Waals surface area contributed by atoms with Crippen molar-refractivity contribution in [2.24, 2.45) is 5.92 Å². The Kier molecular flexibility index (Phi) is 6.09. The molecule has 3 rings (SSSR count). The van der Waals surface area contributed by atoms with Gasteiger partial charge in [-0.3, -0.25) is 14.0 Å². The molecule has 28 heavy (non-hydrogen) atoms. The number of hydrogen-bond donors (Lipinski definition) is 2. The molecule has 0 spiro atoms. The molecule has 2 aromatic heterocycles. The van der Waals surface area contributed by atoms with E-state index >= 15 is 0 Å². The molecule has 0 saturated heterocycles. The van der Waals surface area contributed by atoms with Gasteiger partial charge in [-0.05, 0) is 48.6 Å². The number of imidazole rings is 1. The van der Waals surface area contributed by atoms with Crippen LogP contribution in [0.5, 0.6) is 0 Å². The summed E-state index contributed by atoms with van der Waals surface area (Å²) in [5.41, 5.74) is 2.76. The van der Waals surface area contributed by atoms with Gasteiger partial charge in [0.25, 0.3) is 11.8 Å². The molecule has 0 atom stereocenters. The number of nitrogens with zero attached hydrogens (tertiary/aromatic N) is 2. The number of amides is 2. The first-order chi connectivity index (χ1) is 13.5. The molecule has 0 aliphatic carbocycles. The summed E-state index contributed by atoms with van der Waals surface area (Å²) in [7, 11) is 0. The van der Waals surface area contributed by atoms with E-state index in [2.05, 4.69) is 36.4 Å². The molecule has 2 N–H and O–H groups in total. The maximum absolute atomic E-state index is 12.8. The van der Waals surface area contributed by atoms with Crippen LogP contribution in [-0.2, 0) is 6.42 Å². The van der Waals surface area contributed by atoms with Gasteiger partial charge in [0.15, 0.2) is 5.69 Å². The van der Waals surface area contributed by atoms with Crippen molar-refractivity contribution in [3.63, 3.8) is 0 Å². The van der Waals surface area contributed by atoms with E-state index in [0.29, 0.717) is 23.7 Å². The second kappa shape index (κ2) is 8.69. The molecule has 0 bridgehead atoms. The number of aromatic nitrogens is 2. The quantitative estimate of drug-likeness (QED) is 0.654. The van der Waals surface area contributed by atoms with Crippen LogP contribution in [0.4, 0.5) is 5.69 Å². The molecule has 6 heteroatoms. The average Bonchev–Trinajstić information content (AvgIpc) is 3.08. The van der Waals surface area contributed by atoms with Crippen LogP contribution in [0.2, 0.25) is 0 Å². The van der Waals surface area contributed by atoms with Crippen LogP contribution in [0.25, 0.3) is 5.52 Å². The summed E-state index contributed by atoms with van der Waals surface area (Å²) in [4.78, 5) is 29.7. The van der Waals surface area contributed by atoms with Gasteiger partial charge in [-0.25, -0.2) is 4.98 Å². The Balaban J connectivity index is 1.84. The number of carbonyl (C=O) groups excluding carboxylic acids is 2. The number of nitrogens with one attached hydrogen (secondary N) is 2. The highest BCUT2D eigenvalue weighted by molar-refractivity contribution is 6.06. The third kappa shape index (κ3) is 4.39.